The molecule has 1 aliphatic rings. The van der Waals surface area contributed by atoms with Crippen LogP contribution in [0.1, 0.15) is 5.56 Å². The molecule has 0 saturated heterocycles. The predicted molar refractivity (Wildman–Crippen MR) is 106 cm³/mol. The summed E-state index contributed by atoms with van der Waals surface area (Å²) >= 11 is 3.61. The third-order valence-corrected chi connectivity index (χ3v) is 5.61. The summed E-state index contributed by atoms with van der Waals surface area (Å²) < 4.78 is 30.0. The number of nitrogens with one attached hydrogen (secondary N) is 1. The number of carbonyl (C=O) groups excluding carboxylic acids is 1. The molecule has 1 N–H and O–H groups in total. The molecule has 0 radical (unpaired) electrons. The SMILES string of the molecule is O=C1Cc2cc(-n3c(-c4ccc(F)cc4)c(Br)c4ccc(F)nc43)ccc2N1. The van der Waals surface area contributed by atoms with Crippen molar-refractivity contribution in [3.05, 3.63) is 76.4 Å². The van der Waals surface area contributed by atoms with Crippen LogP contribution in [0.5, 0.6) is 0 Å². The molecule has 1 amide bonds. The van der Waals surface area contributed by atoms with Crippen LogP contribution in [0.2, 0.25) is 0 Å². The maximum atomic E-state index is 14.0. The highest BCUT2D eigenvalue weighted by atomic mass is 79.9. The number of benzene rings is 2. The lowest BCUT2D eigenvalue weighted by molar-refractivity contribution is -0.115. The summed E-state index contributed by atoms with van der Waals surface area (Å²) in [6, 6.07) is 14.6. The Labute approximate surface area is 167 Å². The van der Waals surface area contributed by atoms with E-state index in [0.29, 0.717) is 5.65 Å². The minimum atomic E-state index is -0.595. The summed E-state index contributed by atoms with van der Waals surface area (Å²) in [5.41, 5.74) is 4.28. The molecule has 0 fully saturated rings. The van der Waals surface area contributed by atoms with Gasteiger partial charge in [-0.3, -0.25) is 9.36 Å². The van der Waals surface area contributed by atoms with Crippen LogP contribution < -0.4 is 5.32 Å². The van der Waals surface area contributed by atoms with E-state index in [0.717, 1.165) is 38.1 Å². The zero-order valence-corrected chi connectivity index (χ0v) is 15.9. The Morgan fingerprint density at radius 2 is 1.82 bits per heavy atom. The maximum Gasteiger partial charge on any atom is 0.228 e. The van der Waals surface area contributed by atoms with E-state index >= 15 is 0 Å². The normalized spacial score (nSPS) is 13.0. The Hall–Kier alpha value is -3.06. The lowest BCUT2D eigenvalue weighted by atomic mass is 10.1. The monoisotopic (exact) mass is 439 g/mol. The van der Waals surface area contributed by atoms with E-state index in [4.69, 9.17) is 0 Å². The van der Waals surface area contributed by atoms with Crippen LogP contribution >= 0.6 is 15.9 Å². The quantitative estimate of drug-likeness (QED) is 0.434. The molecular weight excluding hydrogens is 428 g/mol. The Balaban J connectivity index is 1.83. The lowest BCUT2D eigenvalue weighted by Gasteiger charge is -2.12. The third kappa shape index (κ3) is 2.62. The van der Waals surface area contributed by atoms with Crippen molar-refractivity contribution in [2.45, 2.75) is 6.42 Å². The average Bonchev–Trinajstić information content (AvgIpc) is 3.18. The van der Waals surface area contributed by atoms with Gasteiger partial charge in [-0.1, -0.05) is 0 Å². The third-order valence-electron chi connectivity index (χ3n) is 4.81. The van der Waals surface area contributed by atoms with Crippen molar-refractivity contribution in [3.8, 4) is 16.9 Å². The second-order valence-corrected chi connectivity index (χ2v) is 7.37. The number of hydrogen-bond donors (Lipinski definition) is 1. The van der Waals surface area contributed by atoms with Crippen LogP contribution in [0.3, 0.4) is 0 Å². The van der Waals surface area contributed by atoms with Gasteiger partial charge in [0.15, 0.2) is 0 Å². The minimum absolute atomic E-state index is 0.0615. The Morgan fingerprint density at radius 3 is 2.61 bits per heavy atom. The molecule has 0 bridgehead atoms. The van der Waals surface area contributed by atoms with Crippen LogP contribution in [-0.2, 0) is 11.2 Å². The van der Waals surface area contributed by atoms with E-state index in [9.17, 15) is 13.6 Å². The molecular formula is C21H12BrF2N3O. The highest BCUT2D eigenvalue weighted by molar-refractivity contribution is 9.10. The van der Waals surface area contributed by atoms with Crippen molar-refractivity contribution in [2.75, 3.05) is 5.32 Å². The number of nitrogens with zero attached hydrogens (tertiary/aromatic N) is 2. The number of halogens is 3. The number of fused-ring (bicyclic) bond motifs is 2. The first-order valence-electron chi connectivity index (χ1n) is 8.57. The van der Waals surface area contributed by atoms with Gasteiger partial charge >= 0.3 is 0 Å². The van der Waals surface area contributed by atoms with Crippen LogP contribution in [0.15, 0.2) is 59.1 Å². The van der Waals surface area contributed by atoms with Gasteiger partial charge in [0.25, 0.3) is 0 Å². The van der Waals surface area contributed by atoms with Crippen molar-refractivity contribution in [3.63, 3.8) is 0 Å². The molecule has 0 atom stereocenters. The molecule has 0 aliphatic carbocycles. The molecule has 1 aliphatic heterocycles. The second kappa shape index (κ2) is 6.24. The number of anilines is 1. The smallest absolute Gasteiger partial charge is 0.228 e. The highest BCUT2D eigenvalue weighted by Gasteiger charge is 2.23. The fraction of sp³-hybridized carbons (Fsp3) is 0.0476. The maximum absolute atomic E-state index is 14.0. The van der Waals surface area contributed by atoms with Crippen molar-refractivity contribution in [2.24, 2.45) is 0 Å². The van der Waals surface area contributed by atoms with Crippen LogP contribution in [0.25, 0.3) is 28.0 Å². The number of hydrogen-bond acceptors (Lipinski definition) is 2. The number of aromatic nitrogens is 2. The van der Waals surface area contributed by atoms with E-state index in [1.807, 2.05) is 22.8 Å². The van der Waals surface area contributed by atoms with Crippen LogP contribution in [-0.4, -0.2) is 15.5 Å². The van der Waals surface area contributed by atoms with Crippen molar-refractivity contribution < 1.29 is 13.6 Å². The number of pyridine rings is 1. The molecule has 28 heavy (non-hydrogen) atoms. The molecule has 4 aromatic rings. The van der Waals surface area contributed by atoms with E-state index in [1.165, 1.54) is 18.2 Å². The van der Waals surface area contributed by atoms with Crippen LogP contribution in [0, 0.1) is 11.8 Å². The standard InChI is InChI=1S/C21H12BrF2N3O/c22-19-15-6-8-17(24)26-21(15)27(20(19)11-1-3-13(23)4-2-11)14-5-7-16-12(9-14)10-18(28)25-16/h1-9H,10H2,(H,25,28). The molecule has 0 unspecified atom stereocenters. The molecule has 138 valence electrons. The van der Waals surface area contributed by atoms with Crippen molar-refractivity contribution in [1.29, 1.82) is 0 Å². The van der Waals surface area contributed by atoms with E-state index in [-0.39, 0.29) is 18.1 Å². The molecule has 5 rings (SSSR count). The summed E-state index contributed by atoms with van der Waals surface area (Å²) in [6.07, 6.45) is 0.289. The summed E-state index contributed by atoms with van der Waals surface area (Å²) in [7, 11) is 0. The molecule has 7 heteroatoms. The summed E-state index contributed by atoms with van der Waals surface area (Å²) in [4.78, 5) is 15.8. The van der Waals surface area contributed by atoms with E-state index in [2.05, 4.69) is 26.2 Å². The van der Waals surface area contributed by atoms with Crippen molar-refractivity contribution in [1.82, 2.24) is 9.55 Å². The first kappa shape index (κ1) is 17.1. The second-order valence-electron chi connectivity index (χ2n) is 6.58. The number of carbonyl (C=O) groups is 1. The lowest BCUT2D eigenvalue weighted by Crippen LogP contribution is -2.03. The van der Waals surface area contributed by atoms with Gasteiger partial charge < -0.3 is 5.32 Å². The molecule has 3 heterocycles. The van der Waals surface area contributed by atoms with Gasteiger partial charge in [-0.05, 0) is 81.7 Å². The summed E-state index contributed by atoms with van der Waals surface area (Å²) in [5.74, 6) is -0.996. The Morgan fingerprint density at radius 1 is 1.04 bits per heavy atom. The average molecular weight is 440 g/mol. The van der Waals surface area contributed by atoms with Gasteiger partial charge in [0.05, 0.1) is 16.6 Å². The predicted octanol–water partition coefficient (Wildman–Crippen LogP) is 5.23. The van der Waals surface area contributed by atoms with Gasteiger partial charge in [-0.25, -0.2) is 9.37 Å². The van der Waals surface area contributed by atoms with Gasteiger partial charge in [0.2, 0.25) is 11.9 Å². The molecule has 2 aromatic carbocycles. The first-order chi connectivity index (χ1) is 13.5. The molecule has 0 saturated carbocycles. The van der Waals surface area contributed by atoms with Gasteiger partial charge in [-0.2, -0.15) is 4.39 Å². The van der Waals surface area contributed by atoms with Crippen molar-refractivity contribution >= 4 is 38.6 Å². The fourth-order valence-corrected chi connectivity index (χ4v) is 4.28. The molecule has 2 aromatic heterocycles. The van der Waals surface area contributed by atoms with E-state index < -0.39 is 5.95 Å². The summed E-state index contributed by atoms with van der Waals surface area (Å²) in [6.45, 7) is 0. The van der Waals surface area contributed by atoms with Gasteiger partial charge in [0, 0.05) is 16.8 Å². The fourth-order valence-electron chi connectivity index (χ4n) is 3.57. The Bertz CT molecular complexity index is 1270. The number of amides is 1. The Kier molecular flexibility index (Phi) is 3.80. The minimum Gasteiger partial charge on any atom is -0.326 e. The number of rotatable bonds is 2. The van der Waals surface area contributed by atoms with E-state index in [1.54, 1.807) is 18.2 Å². The largest absolute Gasteiger partial charge is 0.326 e. The summed E-state index contributed by atoms with van der Waals surface area (Å²) in [5, 5.41) is 3.54. The highest BCUT2D eigenvalue weighted by Crippen LogP contribution is 2.40. The van der Waals surface area contributed by atoms with Gasteiger partial charge in [-0.15, -0.1) is 0 Å². The van der Waals surface area contributed by atoms with Crippen LogP contribution in [0.4, 0.5) is 14.5 Å². The molecule has 0 spiro atoms. The topological polar surface area (TPSA) is 46.9 Å². The zero-order chi connectivity index (χ0) is 19.4. The first-order valence-corrected chi connectivity index (χ1v) is 9.36. The zero-order valence-electron chi connectivity index (χ0n) is 14.3. The molecule has 4 nitrogen and oxygen atoms in total. The van der Waals surface area contributed by atoms with Gasteiger partial charge in [0.1, 0.15) is 11.5 Å².